The van der Waals surface area contributed by atoms with Crippen LogP contribution in [0.25, 0.3) is 0 Å². The van der Waals surface area contributed by atoms with E-state index in [0.29, 0.717) is 0 Å². The predicted molar refractivity (Wildman–Crippen MR) is 75.6 cm³/mol. The number of hydrogen-bond donors (Lipinski definition) is 1. The number of hydrogen-bond acceptors (Lipinski definition) is 6. The summed E-state index contributed by atoms with van der Waals surface area (Å²) < 4.78 is 14.6. The first-order valence-corrected chi connectivity index (χ1v) is 6.84. The van der Waals surface area contributed by atoms with E-state index in [1.165, 1.54) is 7.11 Å². The van der Waals surface area contributed by atoms with Crippen molar-refractivity contribution in [3.63, 3.8) is 0 Å². The van der Waals surface area contributed by atoms with Crippen LogP contribution in [0.3, 0.4) is 0 Å². The molecule has 0 heterocycles. The van der Waals surface area contributed by atoms with Gasteiger partial charge in [-0.05, 0) is 34.1 Å². The van der Waals surface area contributed by atoms with Crippen LogP contribution >= 0.6 is 0 Å². The van der Waals surface area contributed by atoms with E-state index in [4.69, 9.17) is 9.47 Å². The molecule has 0 radical (unpaired) electrons. The number of ether oxygens (including phenoxy) is 3. The van der Waals surface area contributed by atoms with Gasteiger partial charge in [0.2, 0.25) is 0 Å². The quantitative estimate of drug-likeness (QED) is 0.592. The maximum absolute atomic E-state index is 11.7. The minimum atomic E-state index is -0.968. The van der Waals surface area contributed by atoms with Crippen LogP contribution in [0.5, 0.6) is 0 Å². The second kappa shape index (κ2) is 8.49. The van der Waals surface area contributed by atoms with Gasteiger partial charge in [0.15, 0.2) is 0 Å². The first-order chi connectivity index (χ1) is 9.60. The molecule has 0 spiro atoms. The Morgan fingerprint density at radius 1 is 1.14 bits per heavy atom. The second-order valence-corrected chi connectivity index (χ2v) is 5.61. The van der Waals surface area contributed by atoms with Gasteiger partial charge in [0.25, 0.3) is 0 Å². The van der Waals surface area contributed by atoms with Crippen LogP contribution < -0.4 is 5.32 Å². The van der Waals surface area contributed by atoms with Gasteiger partial charge >= 0.3 is 18.0 Å². The monoisotopic (exact) mass is 303 g/mol. The number of amides is 1. The lowest BCUT2D eigenvalue weighted by Crippen LogP contribution is -2.45. The molecule has 0 saturated carbocycles. The van der Waals surface area contributed by atoms with Crippen LogP contribution in [0.2, 0.25) is 0 Å². The van der Waals surface area contributed by atoms with E-state index in [-0.39, 0.29) is 13.0 Å². The molecule has 0 aromatic rings. The van der Waals surface area contributed by atoms with E-state index < -0.39 is 35.6 Å². The number of methoxy groups -OCH3 is 1. The average molecular weight is 303 g/mol. The molecule has 7 nitrogen and oxygen atoms in total. The Bertz CT molecular complexity index is 374. The molecule has 0 aromatic heterocycles. The van der Waals surface area contributed by atoms with E-state index in [2.05, 4.69) is 10.1 Å². The summed E-state index contributed by atoms with van der Waals surface area (Å²) in [4.78, 5) is 35.0. The summed E-state index contributed by atoms with van der Waals surface area (Å²) in [6.45, 7) is 8.69. The highest BCUT2D eigenvalue weighted by Gasteiger charge is 2.29. The molecule has 0 aliphatic rings. The first kappa shape index (κ1) is 19.2. The average Bonchev–Trinajstić information content (AvgIpc) is 2.34. The molecule has 122 valence electrons. The minimum absolute atomic E-state index is 0.0742. The summed E-state index contributed by atoms with van der Waals surface area (Å²) >= 11 is 0. The van der Waals surface area contributed by atoms with Crippen molar-refractivity contribution in [2.45, 2.75) is 52.7 Å². The Morgan fingerprint density at radius 3 is 2.14 bits per heavy atom. The van der Waals surface area contributed by atoms with Crippen molar-refractivity contribution in [3.05, 3.63) is 0 Å². The number of carbonyl (C=O) groups excluding carboxylic acids is 3. The maximum Gasteiger partial charge on any atom is 0.408 e. The summed E-state index contributed by atoms with van der Waals surface area (Å²) in [5, 5.41) is 2.41. The van der Waals surface area contributed by atoms with Gasteiger partial charge in [0.05, 0.1) is 19.6 Å². The standard InChI is InChI=1S/C14H25NO6/c1-7-20-11(16)9(2)8-10(12(17)19-6)15-13(18)21-14(3,4)5/h9-10H,7-8H2,1-6H3,(H,15,18)/t9?,10-/m0/s1. The van der Waals surface area contributed by atoms with E-state index in [1.807, 2.05) is 0 Å². The van der Waals surface area contributed by atoms with Gasteiger partial charge in [-0.15, -0.1) is 0 Å². The minimum Gasteiger partial charge on any atom is -0.467 e. The number of carbonyl (C=O) groups is 3. The first-order valence-electron chi connectivity index (χ1n) is 6.84. The maximum atomic E-state index is 11.7. The van der Waals surface area contributed by atoms with Crippen LogP contribution in [-0.4, -0.2) is 43.4 Å². The molecular weight excluding hydrogens is 278 g/mol. The van der Waals surface area contributed by atoms with Crippen molar-refractivity contribution >= 4 is 18.0 Å². The molecule has 1 N–H and O–H groups in total. The lowest BCUT2D eigenvalue weighted by atomic mass is 10.0. The largest absolute Gasteiger partial charge is 0.467 e. The number of esters is 2. The Labute approximate surface area is 125 Å². The summed E-state index contributed by atoms with van der Waals surface area (Å²) in [6.07, 6.45) is -0.668. The van der Waals surface area contributed by atoms with Gasteiger partial charge in [0, 0.05) is 0 Å². The van der Waals surface area contributed by atoms with Gasteiger partial charge in [-0.3, -0.25) is 4.79 Å². The fraction of sp³-hybridized carbons (Fsp3) is 0.786. The van der Waals surface area contributed by atoms with Gasteiger partial charge < -0.3 is 19.5 Å². The molecule has 0 fully saturated rings. The predicted octanol–water partition coefficient (Wildman–Crippen LogP) is 1.64. The third-order valence-corrected chi connectivity index (χ3v) is 2.45. The van der Waals surface area contributed by atoms with Crippen LogP contribution in [0, 0.1) is 5.92 Å². The van der Waals surface area contributed by atoms with Crippen LogP contribution in [0.1, 0.15) is 41.0 Å². The van der Waals surface area contributed by atoms with E-state index in [9.17, 15) is 14.4 Å². The zero-order valence-corrected chi connectivity index (χ0v) is 13.5. The SMILES string of the molecule is CCOC(=O)C(C)C[C@H](NC(=O)OC(C)(C)C)C(=O)OC. The third-order valence-electron chi connectivity index (χ3n) is 2.45. The topological polar surface area (TPSA) is 90.9 Å². The molecule has 0 aromatic carbocycles. The molecule has 1 unspecified atom stereocenters. The Morgan fingerprint density at radius 2 is 1.71 bits per heavy atom. The van der Waals surface area contributed by atoms with Crippen molar-refractivity contribution in [2.75, 3.05) is 13.7 Å². The fourth-order valence-electron chi connectivity index (χ4n) is 1.54. The fourth-order valence-corrected chi connectivity index (χ4v) is 1.54. The molecule has 2 atom stereocenters. The molecule has 0 rings (SSSR count). The number of nitrogens with one attached hydrogen (secondary N) is 1. The van der Waals surface area contributed by atoms with Gasteiger partial charge in [-0.1, -0.05) is 6.92 Å². The summed E-state index contributed by atoms with van der Waals surface area (Å²) in [6, 6.07) is -0.968. The summed E-state index contributed by atoms with van der Waals surface area (Å²) in [5.41, 5.74) is -0.683. The van der Waals surface area contributed by atoms with Gasteiger partial charge in [-0.2, -0.15) is 0 Å². The van der Waals surface area contributed by atoms with Gasteiger partial charge in [0.1, 0.15) is 11.6 Å². The molecule has 0 aliphatic heterocycles. The lowest BCUT2D eigenvalue weighted by molar-refractivity contribution is -0.149. The second-order valence-electron chi connectivity index (χ2n) is 5.61. The van der Waals surface area contributed by atoms with Crippen molar-refractivity contribution in [1.29, 1.82) is 0 Å². The number of alkyl carbamates (subject to hydrolysis) is 1. The lowest BCUT2D eigenvalue weighted by Gasteiger charge is -2.23. The normalized spacial score (nSPS) is 13.8. The van der Waals surface area contributed by atoms with Gasteiger partial charge in [-0.25, -0.2) is 9.59 Å². The third kappa shape index (κ3) is 8.16. The molecule has 21 heavy (non-hydrogen) atoms. The van der Waals surface area contributed by atoms with Crippen molar-refractivity contribution in [2.24, 2.45) is 5.92 Å². The smallest absolute Gasteiger partial charge is 0.408 e. The number of rotatable bonds is 6. The van der Waals surface area contributed by atoms with E-state index in [1.54, 1.807) is 34.6 Å². The Kier molecular flexibility index (Phi) is 7.76. The Balaban J connectivity index is 4.71. The molecule has 1 amide bonds. The molecule has 0 saturated heterocycles. The molecule has 7 heteroatoms. The van der Waals surface area contributed by atoms with Crippen molar-refractivity contribution in [3.8, 4) is 0 Å². The molecule has 0 aliphatic carbocycles. The summed E-state index contributed by atoms with van der Waals surface area (Å²) in [5.74, 6) is -1.63. The van der Waals surface area contributed by atoms with Crippen molar-refractivity contribution in [1.82, 2.24) is 5.32 Å². The highest BCUT2D eigenvalue weighted by atomic mass is 16.6. The van der Waals surface area contributed by atoms with E-state index >= 15 is 0 Å². The van der Waals surface area contributed by atoms with Crippen LogP contribution in [-0.2, 0) is 23.8 Å². The highest BCUT2D eigenvalue weighted by Crippen LogP contribution is 2.12. The highest BCUT2D eigenvalue weighted by molar-refractivity contribution is 5.82. The van der Waals surface area contributed by atoms with E-state index in [0.717, 1.165) is 0 Å². The zero-order chi connectivity index (χ0) is 16.6. The molecular formula is C14H25NO6. The van der Waals surface area contributed by atoms with Crippen LogP contribution in [0.4, 0.5) is 4.79 Å². The Hall–Kier alpha value is -1.79. The van der Waals surface area contributed by atoms with Crippen molar-refractivity contribution < 1.29 is 28.6 Å². The van der Waals surface area contributed by atoms with Crippen LogP contribution in [0.15, 0.2) is 0 Å². The zero-order valence-electron chi connectivity index (χ0n) is 13.5. The summed E-state index contributed by atoms with van der Waals surface area (Å²) in [7, 11) is 1.21. The molecule has 0 bridgehead atoms.